The SMILES string of the molecule is Cc1ccc(NC(=O)c2c(C)oc3ncnc(NC4(C)CC4)c23)c(Cl)c1. The summed E-state index contributed by atoms with van der Waals surface area (Å²) in [5.41, 5.74) is 2.40. The van der Waals surface area contributed by atoms with Crippen molar-refractivity contribution in [2.45, 2.75) is 39.2 Å². The van der Waals surface area contributed by atoms with E-state index in [0.29, 0.717) is 39.0 Å². The number of carbonyl (C=O) groups excluding carboxylic acids is 1. The predicted octanol–water partition coefficient (Wildman–Crippen LogP) is 4.71. The van der Waals surface area contributed by atoms with Crippen molar-refractivity contribution in [3.63, 3.8) is 0 Å². The fourth-order valence-corrected chi connectivity index (χ4v) is 3.20. The average Bonchev–Trinajstić information content (AvgIpc) is 3.18. The number of furan rings is 1. The van der Waals surface area contributed by atoms with Crippen LogP contribution in [0.15, 0.2) is 28.9 Å². The third-order valence-corrected chi connectivity index (χ3v) is 5.00. The minimum atomic E-state index is -0.300. The van der Waals surface area contributed by atoms with Gasteiger partial charge in [-0.05, 0) is 51.3 Å². The van der Waals surface area contributed by atoms with Crippen molar-refractivity contribution in [2.24, 2.45) is 0 Å². The Bertz CT molecular complexity index is 1020. The number of aromatic nitrogens is 2. The molecule has 0 atom stereocenters. The molecule has 1 saturated carbocycles. The molecule has 1 aliphatic carbocycles. The summed E-state index contributed by atoms with van der Waals surface area (Å²) in [6.07, 6.45) is 3.57. The fourth-order valence-electron chi connectivity index (χ4n) is 2.92. The monoisotopic (exact) mass is 370 g/mol. The summed E-state index contributed by atoms with van der Waals surface area (Å²) in [6.45, 7) is 5.81. The molecule has 1 aliphatic rings. The Kier molecular flexibility index (Phi) is 3.88. The maximum Gasteiger partial charge on any atom is 0.260 e. The van der Waals surface area contributed by atoms with E-state index < -0.39 is 0 Å². The highest BCUT2D eigenvalue weighted by atomic mass is 35.5. The van der Waals surface area contributed by atoms with Crippen molar-refractivity contribution >= 4 is 40.1 Å². The molecule has 1 amide bonds. The van der Waals surface area contributed by atoms with E-state index in [-0.39, 0.29) is 11.4 Å². The van der Waals surface area contributed by atoms with E-state index in [1.54, 1.807) is 13.0 Å². The minimum absolute atomic E-state index is 0.0144. The Labute approximate surface area is 156 Å². The Hall–Kier alpha value is -2.60. The molecule has 2 N–H and O–H groups in total. The number of benzene rings is 1. The molecule has 2 heterocycles. The lowest BCUT2D eigenvalue weighted by molar-refractivity contribution is 0.102. The van der Waals surface area contributed by atoms with E-state index >= 15 is 0 Å². The van der Waals surface area contributed by atoms with Gasteiger partial charge >= 0.3 is 0 Å². The molecule has 0 aliphatic heterocycles. The molecule has 0 unspecified atom stereocenters. The van der Waals surface area contributed by atoms with Gasteiger partial charge in [0.15, 0.2) is 0 Å². The van der Waals surface area contributed by atoms with Gasteiger partial charge in [0.1, 0.15) is 17.9 Å². The van der Waals surface area contributed by atoms with Crippen molar-refractivity contribution in [3.8, 4) is 0 Å². The van der Waals surface area contributed by atoms with Gasteiger partial charge in [-0.2, -0.15) is 0 Å². The molecule has 0 radical (unpaired) electrons. The Morgan fingerprint density at radius 2 is 2.04 bits per heavy atom. The first kappa shape index (κ1) is 16.8. The lowest BCUT2D eigenvalue weighted by Crippen LogP contribution is -2.18. The summed E-state index contributed by atoms with van der Waals surface area (Å²) >= 11 is 6.24. The Morgan fingerprint density at radius 1 is 1.27 bits per heavy atom. The average molecular weight is 371 g/mol. The highest BCUT2D eigenvalue weighted by Crippen LogP contribution is 2.40. The van der Waals surface area contributed by atoms with Crippen molar-refractivity contribution < 1.29 is 9.21 Å². The first-order valence-corrected chi connectivity index (χ1v) is 8.84. The highest BCUT2D eigenvalue weighted by molar-refractivity contribution is 6.34. The van der Waals surface area contributed by atoms with Crippen LogP contribution in [-0.4, -0.2) is 21.4 Å². The normalized spacial score (nSPS) is 15.1. The van der Waals surface area contributed by atoms with Crippen LogP contribution >= 0.6 is 11.6 Å². The quantitative estimate of drug-likeness (QED) is 0.695. The molecule has 2 aromatic heterocycles. The topological polar surface area (TPSA) is 80.1 Å². The number of fused-ring (bicyclic) bond motifs is 1. The van der Waals surface area contributed by atoms with E-state index in [9.17, 15) is 4.79 Å². The van der Waals surface area contributed by atoms with Crippen LogP contribution in [0, 0.1) is 13.8 Å². The van der Waals surface area contributed by atoms with Crippen LogP contribution in [0.5, 0.6) is 0 Å². The molecule has 0 saturated heterocycles. The van der Waals surface area contributed by atoms with Crippen molar-refractivity contribution in [3.05, 3.63) is 46.4 Å². The molecule has 6 nitrogen and oxygen atoms in total. The molecular formula is C19H19ClN4O2. The predicted molar refractivity (Wildman–Crippen MR) is 102 cm³/mol. The van der Waals surface area contributed by atoms with Gasteiger partial charge in [-0.25, -0.2) is 9.97 Å². The molecule has 1 fully saturated rings. The van der Waals surface area contributed by atoms with Crippen LogP contribution < -0.4 is 10.6 Å². The van der Waals surface area contributed by atoms with Crippen molar-refractivity contribution in [1.82, 2.24) is 9.97 Å². The van der Waals surface area contributed by atoms with Crippen molar-refractivity contribution in [2.75, 3.05) is 10.6 Å². The van der Waals surface area contributed by atoms with Crippen LogP contribution in [-0.2, 0) is 0 Å². The number of nitrogens with one attached hydrogen (secondary N) is 2. The number of rotatable bonds is 4. The van der Waals surface area contributed by atoms with Gasteiger partial charge < -0.3 is 15.1 Å². The molecule has 3 aromatic rings. The number of anilines is 2. The highest BCUT2D eigenvalue weighted by Gasteiger charge is 2.38. The summed E-state index contributed by atoms with van der Waals surface area (Å²) < 4.78 is 5.70. The summed E-state index contributed by atoms with van der Waals surface area (Å²) in [5.74, 6) is 0.808. The van der Waals surface area contributed by atoms with Gasteiger partial charge in [0.2, 0.25) is 5.71 Å². The number of halogens is 1. The molecule has 134 valence electrons. The van der Waals surface area contributed by atoms with Gasteiger partial charge in [-0.15, -0.1) is 0 Å². The van der Waals surface area contributed by atoms with E-state index in [2.05, 4.69) is 27.5 Å². The van der Waals surface area contributed by atoms with Gasteiger partial charge in [0, 0.05) is 5.54 Å². The van der Waals surface area contributed by atoms with Crippen LogP contribution in [0.25, 0.3) is 11.1 Å². The van der Waals surface area contributed by atoms with Crippen LogP contribution in [0.1, 0.15) is 41.4 Å². The smallest absolute Gasteiger partial charge is 0.260 e. The second-order valence-electron chi connectivity index (χ2n) is 7.06. The standard InChI is InChI=1S/C19H19ClN4O2/c1-10-4-5-13(12(20)8-10)23-17(25)14-11(2)26-18-15(14)16(21-9-22-18)24-19(3)6-7-19/h4-5,8-9H,6-7H2,1-3H3,(H,23,25)(H,21,22,24). The number of nitrogens with zero attached hydrogens (tertiary/aromatic N) is 2. The molecule has 1 aromatic carbocycles. The molecule has 7 heteroatoms. The molecule has 4 rings (SSSR count). The second kappa shape index (κ2) is 5.99. The van der Waals surface area contributed by atoms with Crippen molar-refractivity contribution in [1.29, 1.82) is 0 Å². The van der Waals surface area contributed by atoms with Gasteiger partial charge in [0.25, 0.3) is 5.91 Å². The fraction of sp³-hybridized carbons (Fsp3) is 0.316. The van der Waals surface area contributed by atoms with Crippen LogP contribution in [0.2, 0.25) is 5.02 Å². The van der Waals surface area contributed by atoms with Gasteiger partial charge in [-0.1, -0.05) is 17.7 Å². The van der Waals surface area contributed by atoms with E-state index in [0.717, 1.165) is 18.4 Å². The number of carbonyl (C=O) groups is 1. The summed E-state index contributed by atoms with van der Waals surface area (Å²) in [7, 11) is 0. The summed E-state index contributed by atoms with van der Waals surface area (Å²) in [5, 5.41) is 7.36. The molecule has 26 heavy (non-hydrogen) atoms. The second-order valence-corrected chi connectivity index (χ2v) is 7.47. The van der Waals surface area contributed by atoms with E-state index in [1.165, 1.54) is 6.33 Å². The Morgan fingerprint density at radius 3 is 2.73 bits per heavy atom. The number of hydrogen-bond acceptors (Lipinski definition) is 5. The zero-order chi connectivity index (χ0) is 18.5. The number of amides is 1. The Balaban J connectivity index is 1.75. The zero-order valence-electron chi connectivity index (χ0n) is 14.8. The maximum absolute atomic E-state index is 13.0. The molecular weight excluding hydrogens is 352 g/mol. The lowest BCUT2D eigenvalue weighted by atomic mass is 10.1. The molecule has 0 spiro atoms. The minimum Gasteiger partial charge on any atom is -0.442 e. The third kappa shape index (κ3) is 3.01. The molecule has 0 bridgehead atoms. The van der Waals surface area contributed by atoms with Gasteiger partial charge in [-0.3, -0.25) is 4.79 Å². The maximum atomic E-state index is 13.0. The van der Waals surface area contributed by atoms with E-state index in [4.69, 9.17) is 16.0 Å². The largest absolute Gasteiger partial charge is 0.442 e. The van der Waals surface area contributed by atoms with E-state index in [1.807, 2.05) is 19.1 Å². The lowest BCUT2D eigenvalue weighted by Gasteiger charge is -2.13. The third-order valence-electron chi connectivity index (χ3n) is 4.68. The van der Waals surface area contributed by atoms with Gasteiger partial charge in [0.05, 0.1) is 21.7 Å². The zero-order valence-corrected chi connectivity index (χ0v) is 15.6. The van der Waals surface area contributed by atoms with Crippen LogP contribution in [0.4, 0.5) is 11.5 Å². The first-order valence-electron chi connectivity index (χ1n) is 8.46. The van der Waals surface area contributed by atoms with Crippen LogP contribution in [0.3, 0.4) is 0 Å². The summed E-state index contributed by atoms with van der Waals surface area (Å²) in [6, 6.07) is 5.49. The first-order chi connectivity index (χ1) is 12.4. The summed E-state index contributed by atoms with van der Waals surface area (Å²) in [4.78, 5) is 21.5. The number of hydrogen-bond donors (Lipinski definition) is 2. The number of aryl methyl sites for hydroxylation is 2.